The number of halogens is 3. The first-order valence-electron chi connectivity index (χ1n) is 5.37. The third-order valence-electron chi connectivity index (χ3n) is 2.58. The molecule has 18 heavy (non-hydrogen) atoms. The molecule has 0 saturated carbocycles. The van der Waals surface area contributed by atoms with E-state index in [9.17, 15) is 0 Å². The third kappa shape index (κ3) is 3.16. The fourth-order valence-electron chi connectivity index (χ4n) is 1.59. The predicted molar refractivity (Wildman–Crippen MR) is 80.5 cm³/mol. The second kappa shape index (κ2) is 5.91. The standard InChI is InChI=1S/C13H11BrCl2N2/c1-8-4-5-17-13(16)12(8)18-7-9-2-3-10(15)6-11(9)14/h2-6,18H,7H2,1H3. The van der Waals surface area contributed by atoms with E-state index in [0.29, 0.717) is 16.7 Å². The lowest BCUT2D eigenvalue weighted by molar-refractivity contribution is 1.11. The van der Waals surface area contributed by atoms with Gasteiger partial charge in [0.1, 0.15) is 0 Å². The molecule has 0 aliphatic carbocycles. The number of rotatable bonds is 3. The van der Waals surface area contributed by atoms with Crippen LogP contribution in [0.3, 0.4) is 0 Å². The summed E-state index contributed by atoms with van der Waals surface area (Å²) in [6.45, 7) is 2.65. The number of hydrogen-bond acceptors (Lipinski definition) is 2. The predicted octanol–water partition coefficient (Wildman–Crippen LogP) is 5.07. The zero-order valence-electron chi connectivity index (χ0n) is 9.67. The molecule has 2 aromatic rings. The van der Waals surface area contributed by atoms with Crippen molar-refractivity contribution in [2.75, 3.05) is 5.32 Å². The van der Waals surface area contributed by atoms with Crippen LogP contribution in [0.15, 0.2) is 34.9 Å². The Morgan fingerprint density at radius 2 is 2.06 bits per heavy atom. The molecule has 94 valence electrons. The highest BCUT2D eigenvalue weighted by Crippen LogP contribution is 2.26. The van der Waals surface area contributed by atoms with Gasteiger partial charge in [0.15, 0.2) is 5.15 Å². The highest BCUT2D eigenvalue weighted by molar-refractivity contribution is 9.10. The second-order valence-corrected chi connectivity index (χ2v) is 5.53. The summed E-state index contributed by atoms with van der Waals surface area (Å²) in [6, 6.07) is 7.63. The molecule has 0 atom stereocenters. The van der Waals surface area contributed by atoms with E-state index >= 15 is 0 Å². The van der Waals surface area contributed by atoms with Crippen LogP contribution in [-0.2, 0) is 6.54 Å². The molecule has 0 aliphatic rings. The van der Waals surface area contributed by atoms with Gasteiger partial charge in [-0.3, -0.25) is 0 Å². The van der Waals surface area contributed by atoms with Crippen molar-refractivity contribution in [2.45, 2.75) is 13.5 Å². The van der Waals surface area contributed by atoms with Gasteiger partial charge in [-0.25, -0.2) is 4.98 Å². The Morgan fingerprint density at radius 1 is 1.28 bits per heavy atom. The van der Waals surface area contributed by atoms with E-state index in [4.69, 9.17) is 23.2 Å². The molecule has 0 fully saturated rings. The van der Waals surface area contributed by atoms with E-state index in [2.05, 4.69) is 26.2 Å². The average molecular weight is 346 g/mol. The molecule has 2 nitrogen and oxygen atoms in total. The Labute approximate surface area is 124 Å². The summed E-state index contributed by atoms with van der Waals surface area (Å²) in [4.78, 5) is 4.06. The number of nitrogens with one attached hydrogen (secondary N) is 1. The van der Waals surface area contributed by atoms with Crippen LogP contribution in [0.5, 0.6) is 0 Å². The van der Waals surface area contributed by atoms with E-state index in [1.165, 1.54) is 0 Å². The monoisotopic (exact) mass is 344 g/mol. The number of anilines is 1. The van der Waals surface area contributed by atoms with Gasteiger partial charge in [-0.1, -0.05) is 45.2 Å². The maximum absolute atomic E-state index is 6.05. The van der Waals surface area contributed by atoms with Gasteiger partial charge < -0.3 is 5.32 Å². The molecule has 5 heteroatoms. The smallest absolute Gasteiger partial charge is 0.152 e. The molecule has 1 aromatic heterocycles. The van der Waals surface area contributed by atoms with Gasteiger partial charge >= 0.3 is 0 Å². The minimum absolute atomic E-state index is 0.486. The van der Waals surface area contributed by atoms with Crippen LogP contribution in [0.1, 0.15) is 11.1 Å². The van der Waals surface area contributed by atoms with Crippen LogP contribution >= 0.6 is 39.1 Å². The molecular weight excluding hydrogens is 335 g/mol. The summed E-state index contributed by atoms with van der Waals surface area (Å²) in [5.41, 5.74) is 3.04. The van der Waals surface area contributed by atoms with Gasteiger partial charge in [0.25, 0.3) is 0 Å². The number of nitrogens with zero attached hydrogens (tertiary/aromatic N) is 1. The van der Waals surface area contributed by atoms with Crippen LogP contribution in [0.25, 0.3) is 0 Å². The van der Waals surface area contributed by atoms with Gasteiger partial charge in [0.05, 0.1) is 5.69 Å². The van der Waals surface area contributed by atoms with Crippen LogP contribution in [0, 0.1) is 6.92 Å². The average Bonchev–Trinajstić information content (AvgIpc) is 2.31. The van der Waals surface area contributed by atoms with E-state index in [1.54, 1.807) is 6.20 Å². The van der Waals surface area contributed by atoms with E-state index < -0.39 is 0 Å². The molecule has 1 heterocycles. The maximum Gasteiger partial charge on any atom is 0.152 e. The Kier molecular flexibility index (Phi) is 4.49. The summed E-state index contributed by atoms with van der Waals surface area (Å²) in [5.74, 6) is 0. The third-order valence-corrected chi connectivity index (χ3v) is 3.84. The highest BCUT2D eigenvalue weighted by atomic mass is 79.9. The number of aryl methyl sites for hydroxylation is 1. The molecule has 1 aromatic carbocycles. The van der Waals surface area contributed by atoms with Gasteiger partial charge in [0.2, 0.25) is 0 Å². The number of benzene rings is 1. The van der Waals surface area contributed by atoms with Crippen molar-refractivity contribution in [3.63, 3.8) is 0 Å². The molecule has 0 spiro atoms. The zero-order valence-corrected chi connectivity index (χ0v) is 12.8. The molecule has 0 aliphatic heterocycles. The Hall–Kier alpha value is -0.770. The SMILES string of the molecule is Cc1ccnc(Cl)c1NCc1ccc(Cl)cc1Br. The first kappa shape index (κ1) is 13.7. The van der Waals surface area contributed by atoms with Crippen LogP contribution < -0.4 is 5.32 Å². The fourth-order valence-corrected chi connectivity index (χ4v) is 2.68. The summed E-state index contributed by atoms with van der Waals surface area (Å²) in [5, 5.41) is 4.49. The highest BCUT2D eigenvalue weighted by Gasteiger charge is 2.06. The number of pyridine rings is 1. The summed E-state index contributed by atoms with van der Waals surface area (Å²) in [7, 11) is 0. The minimum Gasteiger partial charge on any atom is -0.378 e. The summed E-state index contributed by atoms with van der Waals surface area (Å²) in [6.07, 6.45) is 1.70. The molecule has 0 bridgehead atoms. The van der Waals surface area contributed by atoms with Gasteiger partial charge in [-0.2, -0.15) is 0 Å². The minimum atomic E-state index is 0.486. The van der Waals surface area contributed by atoms with Crippen molar-refractivity contribution in [1.82, 2.24) is 4.98 Å². The Bertz CT molecular complexity index is 553. The summed E-state index contributed by atoms with van der Waals surface area (Å²) >= 11 is 15.4. The van der Waals surface area contributed by atoms with Crippen molar-refractivity contribution in [3.05, 3.63) is 56.2 Å². The van der Waals surface area contributed by atoms with Gasteiger partial charge in [0, 0.05) is 22.2 Å². The Balaban J connectivity index is 2.16. The fraction of sp³-hybridized carbons (Fsp3) is 0.154. The molecule has 0 radical (unpaired) electrons. The van der Waals surface area contributed by atoms with Gasteiger partial charge in [-0.15, -0.1) is 0 Å². The molecule has 2 rings (SSSR count). The first-order chi connectivity index (χ1) is 8.58. The van der Waals surface area contributed by atoms with E-state index in [0.717, 1.165) is 21.3 Å². The first-order valence-corrected chi connectivity index (χ1v) is 6.91. The Morgan fingerprint density at radius 3 is 2.72 bits per heavy atom. The van der Waals surface area contributed by atoms with Crippen molar-refractivity contribution >= 4 is 44.8 Å². The van der Waals surface area contributed by atoms with Crippen LogP contribution in [0.2, 0.25) is 10.2 Å². The van der Waals surface area contributed by atoms with Crippen LogP contribution in [-0.4, -0.2) is 4.98 Å². The second-order valence-electron chi connectivity index (χ2n) is 3.88. The largest absolute Gasteiger partial charge is 0.378 e. The summed E-state index contributed by atoms with van der Waals surface area (Å²) < 4.78 is 0.972. The number of aromatic nitrogens is 1. The normalized spacial score (nSPS) is 10.4. The maximum atomic E-state index is 6.05. The van der Waals surface area contributed by atoms with Crippen molar-refractivity contribution < 1.29 is 0 Å². The van der Waals surface area contributed by atoms with Crippen LogP contribution in [0.4, 0.5) is 5.69 Å². The zero-order chi connectivity index (χ0) is 13.1. The lowest BCUT2D eigenvalue weighted by Gasteiger charge is -2.11. The number of hydrogen-bond donors (Lipinski definition) is 1. The lowest BCUT2D eigenvalue weighted by atomic mass is 10.2. The molecular formula is C13H11BrCl2N2. The molecule has 0 saturated heterocycles. The molecule has 0 amide bonds. The van der Waals surface area contributed by atoms with Crippen molar-refractivity contribution in [2.24, 2.45) is 0 Å². The quantitative estimate of drug-likeness (QED) is 0.785. The van der Waals surface area contributed by atoms with Gasteiger partial charge in [-0.05, 0) is 36.2 Å². The molecule has 1 N–H and O–H groups in total. The van der Waals surface area contributed by atoms with E-state index in [1.807, 2.05) is 31.2 Å². The van der Waals surface area contributed by atoms with Crippen molar-refractivity contribution in [1.29, 1.82) is 0 Å². The lowest BCUT2D eigenvalue weighted by Crippen LogP contribution is -2.03. The van der Waals surface area contributed by atoms with E-state index in [-0.39, 0.29) is 0 Å². The topological polar surface area (TPSA) is 24.9 Å². The molecule has 0 unspecified atom stereocenters. The van der Waals surface area contributed by atoms with Crippen molar-refractivity contribution in [3.8, 4) is 0 Å².